The fourth-order valence-corrected chi connectivity index (χ4v) is 4.24. The third-order valence-electron chi connectivity index (χ3n) is 6.40. The molecule has 31 heavy (non-hydrogen) atoms. The number of pyridine rings is 1. The smallest absolute Gasteiger partial charge is 0.248 e. The standard InChI is InChI=1S/C23H24F3N3O2/c24-17-3-5-18(6-4-17)28-21(31)22(10-1-11-22)16-2-7-19(27-14-16)29-20(30)15-8-12-23(25,26)13-9-15/h2-7,14-15H,1,8-13H2,(H,28,31)(H,27,29,30). The maximum Gasteiger partial charge on any atom is 0.248 e. The van der Waals surface area contributed by atoms with Gasteiger partial charge in [0.05, 0.1) is 5.41 Å². The second-order valence-electron chi connectivity index (χ2n) is 8.45. The summed E-state index contributed by atoms with van der Waals surface area (Å²) in [4.78, 5) is 29.6. The van der Waals surface area contributed by atoms with Crippen LogP contribution in [0.3, 0.4) is 0 Å². The summed E-state index contributed by atoms with van der Waals surface area (Å²) in [5, 5.41) is 5.54. The number of anilines is 2. The van der Waals surface area contributed by atoms with Crippen LogP contribution in [0.25, 0.3) is 0 Å². The molecule has 1 aromatic heterocycles. The number of amides is 2. The number of carbonyl (C=O) groups excluding carboxylic acids is 2. The largest absolute Gasteiger partial charge is 0.325 e. The SMILES string of the molecule is O=C(Nc1ccc(C2(C(=O)Nc3ccc(F)cc3)CCC2)cn1)C1CCC(F)(F)CC1. The molecular weight excluding hydrogens is 407 g/mol. The Labute approximate surface area is 178 Å². The third-order valence-corrected chi connectivity index (χ3v) is 6.40. The summed E-state index contributed by atoms with van der Waals surface area (Å²) in [6.45, 7) is 0. The van der Waals surface area contributed by atoms with Crippen molar-refractivity contribution in [3.05, 3.63) is 54.0 Å². The summed E-state index contributed by atoms with van der Waals surface area (Å²) in [6.07, 6.45) is 3.59. The normalized spacial score (nSPS) is 19.8. The fourth-order valence-electron chi connectivity index (χ4n) is 4.24. The molecule has 0 saturated heterocycles. The molecule has 0 unspecified atom stereocenters. The molecule has 0 bridgehead atoms. The van der Waals surface area contributed by atoms with Crippen LogP contribution in [0.1, 0.15) is 50.5 Å². The van der Waals surface area contributed by atoms with Gasteiger partial charge < -0.3 is 10.6 Å². The lowest BCUT2D eigenvalue weighted by atomic mass is 9.64. The maximum atomic E-state index is 13.3. The first kappa shape index (κ1) is 21.3. The average molecular weight is 431 g/mol. The average Bonchev–Trinajstić information content (AvgIpc) is 2.70. The summed E-state index contributed by atoms with van der Waals surface area (Å²) in [5.41, 5.74) is 0.556. The molecule has 1 heterocycles. The van der Waals surface area contributed by atoms with Crippen LogP contribution in [0.4, 0.5) is 24.7 Å². The molecule has 2 amide bonds. The van der Waals surface area contributed by atoms with Crippen molar-refractivity contribution in [2.45, 2.75) is 56.3 Å². The highest BCUT2D eigenvalue weighted by atomic mass is 19.3. The molecule has 2 aliphatic rings. The van der Waals surface area contributed by atoms with Crippen LogP contribution in [0.2, 0.25) is 0 Å². The highest BCUT2D eigenvalue weighted by molar-refractivity contribution is 6.00. The monoisotopic (exact) mass is 431 g/mol. The van der Waals surface area contributed by atoms with Gasteiger partial charge in [0, 0.05) is 30.6 Å². The van der Waals surface area contributed by atoms with E-state index in [0.29, 0.717) is 24.3 Å². The Balaban J connectivity index is 1.41. The van der Waals surface area contributed by atoms with Gasteiger partial charge in [0.15, 0.2) is 0 Å². The molecule has 0 atom stereocenters. The topological polar surface area (TPSA) is 71.1 Å². The van der Waals surface area contributed by atoms with Crippen molar-refractivity contribution >= 4 is 23.3 Å². The molecule has 1 aromatic carbocycles. The molecule has 2 N–H and O–H groups in total. The molecular formula is C23H24F3N3O2. The van der Waals surface area contributed by atoms with E-state index in [9.17, 15) is 22.8 Å². The molecule has 2 aromatic rings. The van der Waals surface area contributed by atoms with Gasteiger partial charge >= 0.3 is 0 Å². The van der Waals surface area contributed by atoms with Crippen molar-refractivity contribution in [2.75, 3.05) is 10.6 Å². The number of aromatic nitrogens is 1. The summed E-state index contributed by atoms with van der Waals surface area (Å²) in [7, 11) is 0. The predicted octanol–water partition coefficient (Wildman–Crippen LogP) is 5.05. The van der Waals surface area contributed by atoms with Crippen molar-refractivity contribution in [3.8, 4) is 0 Å². The quantitative estimate of drug-likeness (QED) is 0.696. The van der Waals surface area contributed by atoms with Crippen LogP contribution in [-0.4, -0.2) is 22.7 Å². The zero-order chi connectivity index (χ0) is 22.1. The van der Waals surface area contributed by atoms with Crippen LogP contribution >= 0.6 is 0 Å². The molecule has 2 aliphatic carbocycles. The number of carbonyl (C=O) groups is 2. The molecule has 0 radical (unpaired) electrons. The van der Waals surface area contributed by atoms with Crippen LogP contribution in [0.15, 0.2) is 42.6 Å². The van der Waals surface area contributed by atoms with Gasteiger partial charge in [-0.1, -0.05) is 12.5 Å². The molecule has 2 saturated carbocycles. The fraction of sp³-hybridized carbons (Fsp3) is 0.435. The molecule has 5 nitrogen and oxygen atoms in total. The lowest BCUT2D eigenvalue weighted by molar-refractivity contribution is -0.125. The molecule has 4 rings (SSSR count). The number of hydrogen-bond acceptors (Lipinski definition) is 3. The first-order chi connectivity index (χ1) is 14.8. The summed E-state index contributed by atoms with van der Waals surface area (Å²) >= 11 is 0. The minimum absolute atomic E-state index is 0.156. The van der Waals surface area contributed by atoms with Crippen molar-refractivity contribution < 1.29 is 22.8 Å². The second kappa shape index (κ2) is 8.32. The number of nitrogens with zero attached hydrogens (tertiary/aromatic N) is 1. The van der Waals surface area contributed by atoms with Crippen LogP contribution in [0, 0.1) is 11.7 Å². The van der Waals surface area contributed by atoms with E-state index in [1.165, 1.54) is 24.3 Å². The van der Waals surface area contributed by atoms with Crippen LogP contribution < -0.4 is 10.6 Å². The van der Waals surface area contributed by atoms with Gasteiger partial charge in [-0.25, -0.2) is 18.2 Å². The number of nitrogens with one attached hydrogen (secondary N) is 2. The number of rotatable bonds is 5. The second-order valence-corrected chi connectivity index (χ2v) is 8.45. The molecule has 8 heteroatoms. The van der Waals surface area contributed by atoms with Gasteiger partial charge in [-0.05, 0) is 61.6 Å². The van der Waals surface area contributed by atoms with E-state index >= 15 is 0 Å². The number of halogens is 3. The highest BCUT2D eigenvalue weighted by Gasteiger charge is 2.46. The van der Waals surface area contributed by atoms with E-state index < -0.39 is 17.3 Å². The van der Waals surface area contributed by atoms with Crippen molar-refractivity contribution in [2.24, 2.45) is 5.92 Å². The number of benzene rings is 1. The Morgan fingerprint density at radius 2 is 1.61 bits per heavy atom. The van der Waals surface area contributed by atoms with E-state index in [2.05, 4.69) is 15.6 Å². The predicted molar refractivity (Wildman–Crippen MR) is 110 cm³/mol. The van der Waals surface area contributed by atoms with Gasteiger partial charge in [0.25, 0.3) is 0 Å². The minimum Gasteiger partial charge on any atom is -0.325 e. The van der Waals surface area contributed by atoms with Gasteiger partial charge in [-0.3, -0.25) is 9.59 Å². The Morgan fingerprint density at radius 3 is 2.16 bits per heavy atom. The van der Waals surface area contributed by atoms with E-state index in [1.807, 2.05) is 0 Å². The number of alkyl halides is 2. The molecule has 2 fully saturated rings. The molecule has 0 spiro atoms. The van der Waals surface area contributed by atoms with Crippen LogP contribution in [-0.2, 0) is 15.0 Å². The van der Waals surface area contributed by atoms with Gasteiger partial charge in [-0.2, -0.15) is 0 Å². The zero-order valence-electron chi connectivity index (χ0n) is 17.0. The van der Waals surface area contributed by atoms with Crippen molar-refractivity contribution in [3.63, 3.8) is 0 Å². The zero-order valence-corrected chi connectivity index (χ0v) is 17.0. The van der Waals surface area contributed by atoms with E-state index in [0.717, 1.165) is 12.0 Å². The van der Waals surface area contributed by atoms with E-state index in [4.69, 9.17) is 0 Å². The van der Waals surface area contributed by atoms with E-state index in [1.54, 1.807) is 18.3 Å². The summed E-state index contributed by atoms with van der Waals surface area (Å²) < 4.78 is 39.7. The van der Waals surface area contributed by atoms with Gasteiger partial charge in [0.1, 0.15) is 11.6 Å². The van der Waals surface area contributed by atoms with Crippen molar-refractivity contribution in [1.29, 1.82) is 0 Å². The Morgan fingerprint density at radius 1 is 0.935 bits per heavy atom. The molecule has 0 aliphatic heterocycles. The molecule has 164 valence electrons. The summed E-state index contributed by atoms with van der Waals surface area (Å²) in [5.74, 6) is -3.64. The number of hydrogen-bond donors (Lipinski definition) is 2. The Hall–Kier alpha value is -2.90. The lowest BCUT2D eigenvalue weighted by Crippen LogP contribution is -2.46. The van der Waals surface area contributed by atoms with E-state index in [-0.39, 0.29) is 43.3 Å². The summed E-state index contributed by atoms with van der Waals surface area (Å²) in [6, 6.07) is 9.00. The third kappa shape index (κ3) is 4.57. The highest BCUT2D eigenvalue weighted by Crippen LogP contribution is 2.44. The first-order valence-electron chi connectivity index (χ1n) is 10.5. The Bertz CT molecular complexity index is 947. The van der Waals surface area contributed by atoms with Crippen LogP contribution in [0.5, 0.6) is 0 Å². The van der Waals surface area contributed by atoms with Crippen molar-refractivity contribution in [1.82, 2.24) is 4.98 Å². The first-order valence-corrected chi connectivity index (χ1v) is 10.5. The maximum absolute atomic E-state index is 13.3. The van der Waals surface area contributed by atoms with Gasteiger partial charge in [0.2, 0.25) is 17.7 Å². The van der Waals surface area contributed by atoms with Gasteiger partial charge in [-0.15, -0.1) is 0 Å². The lowest BCUT2D eigenvalue weighted by Gasteiger charge is -2.40. The Kier molecular flexibility index (Phi) is 5.73. The minimum atomic E-state index is -2.68.